The first-order valence-corrected chi connectivity index (χ1v) is 14.8. The average molecular weight is 597 g/mol. The molecule has 11 nitrogen and oxygen atoms in total. The van der Waals surface area contributed by atoms with Crippen LogP contribution in [-0.2, 0) is 34.4 Å². The van der Waals surface area contributed by atoms with E-state index in [0.717, 1.165) is 29.5 Å². The van der Waals surface area contributed by atoms with Crippen molar-refractivity contribution in [3.63, 3.8) is 0 Å². The fraction of sp³-hybridized carbons (Fsp3) is 0.533. The summed E-state index contributed by atoms with van der Waals surface area (Å²) in [6, 6.07) is 7.65. The molecule has 43 heavy (non-hydrogen) atoms. The van der Waals surface area contributed by atoms with E-state index in [1.165, 1.54) is 4.90 Å². The molecule has 3 amide bonds. The number of nitrogens with one attached hydrogen (secondary N) is 2. The first-order chi connectivity index (χ1) is 20.8. The van der Waals surface area contributed by atoms with Gasteiger partial charge in [-0.25, -0.2) is 13.5 Å². The summed E-state index contributed by atoms with van der Waals surface area (Å²) in [6.45, 7) is 1.21. The maximum absolute atomic E-state index is 13.9. The van der Waals surface area contributed by atoms with Gasteiger partial charge in [-0.15, -0.1) is 5.10 Å². The van der Waals surface area contributed by atoms with Crippen molar-refractivity contribution in [2.24, 2.45) is 13.0 Å². The molecule has 3 atom stereocenters. The van der Waals surface area contributed by atoms with Crippen LogP contribution in [0.2, 0.25) is 0 Å². The fourth-order valence-corrected chi connectivity index (χ4v) is 6.06. The largest absolute Gasteiger partial charge is 0.350 e. The molecule has 230 valence electrons. The highest BCUT2D eigenvalue weighted by molar-refractivity contribution is 5.91. The van der Waals surface area contributed by atoms with Crippen LogP contribution < -0.4 is 10.6 Å². The summed E-state index contributed by atoms with van der Waals surface area (Å²) in [6.07, 6.45) is 3.84. The van der Waals surface area contributed by atoms with Gasteiger partial charge in [-0.2, -0.15) is 0 Å². The number of likely N-dealkylation sites (tertiary alicyclic amines) is 2. The molecule has 0 radical (unpaired) electrons. The molecule has 0 spiro atoms. The predicted molar refractivity (Wildman–Crippen MR) is 155 cm³/mol. The third-order valence-electron chi connectivity index (χ3n) is 8.31. The van der Waals surface area contributed by atoms with Crippen molar-refractivity contribution in [1.29, 1.82) is 0 Å². The highest BCUT2D eigenvalue weighted by Crippen LogP contribution is 2.28. The van der Waals surface area contributed by atoms with Crippen LogP contribution in [0.25, 0.3) is 11.0 Å². The van der Waals surface area contributed by atoms with Crippen LogP contribution in [0, 0.1) is 5.92 Å². The van der Waals surface area contributed by atoms with Gasteiger partial charge in [0, 0.05) is 52.0 Å². The number of alkyl halides is 2. The van der Waals surface area contributed by atoms with Crippen LogP contribution in [0.1, 0.15) is 43.2 Å². The Morgan fingerprint density at radius 3 is 2.58 bits per heavy atom. The Bertz CT molecular complexity index is 1410. The number of aryl methyl sites for hydroxylation is 1. The zero-order chi connectivity index (χ0) is 30.3. The van der Waals surface area contributed by atoms with E-state index >= 15 is 0 Å². The average Bonchev–Trinajstić information content (AvgIpc) is 3.77. The summed E-state index contributed by atoms with van der Waals surface area (Å²) in [5, 5.41) is 13.8. The molecule has 3 aromatic rings. The van der Waals surface area contributed by atoms with E-state index in [4.69, 9.17) is 0 Å². The Morgan fingerprint density at radius 1 is 1.07 bits per heavy atom. The van der Waals surface area contributed by atoms with Gasteiger partial charge >= 0.3 is 0 Å². The fourth-order valence-electron chi connectivity index (χ4n) is 6.06. The molecule has 2 fully saturated rings. The minimum Gasteiger partial charge on any atom is -0.350 e. The van der Waals surface area contributed by atoms with Gasteiger partial charge in [0.25, 0.3) is 6.43 Å². The van der Waals surface area contributed by atoms with Crippen LogP contribution in [0.4, 0.5) is 8.78 Å². The molecule has 0 bridgehead atoms. The first-order valence-electron chi connectivity index (χ1n) is 14.8. The summed E-state index contributed by atoms with van der Waals surface area (Å²) >= 11 is 0. The van der Waals surface area contributed by atoms with E-state index in [9.17, 15) is 23.2 Å². The molecular weight excluding hydrogens is 558 g/mol. The van der Waals surface area contributed by atoms with Crippen molar-refractivity contribution in [2.45, 2.75) is 63.6 Å². The third kappa shape index (κ3) is 7.70. The van der Waals surface area contributed by atoms with Gasteiger partial charge in [-0.1, -0.05) is 11.3 Å². The molecule has 2 saturated heterocycles. The molecule has 4 heterocycles. The molecule has 2 aliphatic rings. The number of amides is 3. The number of rotatable bonds is 12. The number of carbonyl (C=O) groups is 3. The lowest BCUT2D eigenvalue weighted by Crippen LogP contribution is -2.53. The van der Waals surface area contributed by atoms with Gasteiger partial charge in [-0.05, 0) is 73.4 Å². The Kier molecular flexibility index (Phi) is 9.90. The zero-order valence-electron chi connectivity index (χ0n) is 24.3. The Morgan fingerprint density at radius 2 is 1.84 bits per heavy atom. The summed E-state index contributed by atoms with van der Waals surface area (Å²) in [5.74, 6) is -0.848. The molecule has 0 saturated carbocycles. The second-order valence-corrected chi connectivity index (χ2v) is 11.4. The standard InChI is InChI=1S/C30H38F2N8O3/c1-38-25-6-4-21(15-24(25)36-37-38)17-35-29(42)26-16-22(14-20-8-10-33-11-9-20)19-40(26)30(43)23(34-18-27(31)32)5-7-28(41)39-12-2-3-13-39/h4,6,8-11,15,22-23,26-27,34H,2-3,5,7,12-14,16-19H2,1H3,(H,35,42). The minimum atomic E-state index is -2.66. The van der Waals surface area contributed by atoms with Crippen molar-refractivity contribution in [3.8, 4) is 0 Å². The normalized spacial score (nSPS) is 19.3. The molecule has 2 N–H and O–H groups in total. The van der Waals surface area contributed by atoms with E-state index in [-0.39, 0.29) is 37.1 Å². The second-order valence-electron chi connectivity index (χ2n) is 11.4. The molecule has 2 aromatic heterocycles. The van der Waals surface area contributed by atoms with Gasteiger partial charge < -0.3 is 20.4 Å². The van der Waals surface area contributed by atoms with Crippen molar-refractivity contribution in [1.82, 2.24) is 40.4 Å². The van der Waals surface area contributed by atoms with Gasteiger partial charge in [-0.3, -0.25) is 19.4 Å². The Labute approximate surface area is 249 Å². The number of hydrogen-bond acceptors (Lipinski definition) is 7. The predicted octanol–water partition coefficient (Wildman–Crippen LogP) is 2.07. The Hall–Kier alpha value is -4.00. The lowest BCUT2D eigenvalue weighted by molar-refractivity contribution is -0.140. The summed E-state index contributed by atoms with van der Waals surface area (Å²) < 4.78 is 28.1. The van der Waals surface area contributed by atoms with Crippen molar-refractivity contribution in [2.75, 3.05) is 26.2 Å². The third-order valence-corrected chi connectivity index (χ3v) is 8.31. The lowest BCUT2D eigenvalue weighted by Gasteiger charge is -2.29. The van der Waals surface area contributed by atoms with Crippen LogP contribution >= 0.6 is 0 Å². The molecular formula is C30H38F2N8O3. The molecule has 3 unspecified atom stereocenters. The number of hydrogen-bond donors (Lipinski definition) is 2. The van der Waals surface area contributed by atoms with E-state index in [1.54, 1.807) is 29.0 Å². The molecule has 0 aliphatic carbocycles. The first kappa shape index (κ1) is 30.5. The molecule has 2 aliphatic heterocycles. The van der Waals surface area contributed by atoms with Gasteiger partial charge in [0.05, 0.1) is 18.1 Å². The summed E-state index contributed by atoms with van der Waals surface area (Å²) in [7, 11) is 1.80. The molecule has 13 heteroatoms. The highest BCUT2D eigenvalue weighted by atomic mass is 19.3. The van der Waals surface area contributed by atoms with Gasteiger partial charge in [0.2, 0.25) is 17.7 Å². The van der Waals surface area contributed by atoms with E-state index in [2.05, 4.69) is 25.9 Å². The molecule has 1 aromatic carbocycles. The number of carbonyl (C=O) groups excluding carboxylic acids is 3. The van der Waals surface area contributed by atoms with Gasteiger partial charge in [0.1, 0.15) is 11.6 Å². The number of benzene rings is 1. The number of halogens is 2. The Balaban J connectivity index is 1.30. The molecule has 5 rings (SSSR count). The lowest BCUT2D eigenvalue weighted by atomic mass is 9.97. The van der Waals surface area contributed by atoms with Crippen molar-refractivity contribution in [3.05, 3.63) is 53.9 Å². The number of pyridine rings is 1. The van der Waals surface area contributed by atoms with Gasteiger partial charge in [0.15, 0.2) is 0 Å². The number of fused-ring (bicyclic) bond motifs is 1. The van der Waals surface area contributed by atoms with E-state index < -0.39 is 31.0 Å². The maximum atomic E-state index is 13.9. The van der Waals surface area contributed by atoms with Crippen molar-refractivity contribution < 1.29 is 23.2 Å². The van der Waals surface area contributed by atoms with Crippen LogP contribution in [0.3, 0.4) is 0 Å². The SMILES string of the molecule is Cn1nnc2cc(CNC(=O)C3CC(Cc4ccncc4)CN3C(=O)C(CCC(=O)N3CCCC3)NCC(F)F)ccc21. The van der Waals surface area contributed by atoms with Crippen LogP contribution in [0.15, 0.2) is 42.7 Å². The quantitative estimate of drug-likeness (QED) is 0.328. The van der Waals surface area contributed by atoms with Crippen LogP contribution in [-0.4, -0.2) is 92.2 Å². The van der Waals surface area contributed by atoms with Crippen LogP contribution in [0.5, 0.6) is 0 Å². The zero-order valence-corrected chi connectivity index (χ0v) is 24.3. The smallest absolute Gasteiger partial charge is 0.250 e. The van der Waals surface area contributed by atoms with E-state index in [1.807, 2.05) is 30.3 Å². The van der Waals surface area contributed by atoms with E-state index in [0.29, 0.717) is 38.0 Å². The second kappa shape index (κ2) is 14.0. The maximum Gasteiger partial charge on any atom is 0.250 e. The minimum absolute atomic E-state index is 0.0139. The number of nitrogens with zero attached hydrogens (tertiary/aromatic N) is 6. The monoisotopic (exact) mass is 596 g/mol. The topological polar surface area (TPSA) is 125 Å². The summed E-state index contributed by atoms with van der Waals surface area (Å²) in [4.78, 5) is 47.5. The van der Waals surface area contributed by atoms with Crippen molar-refractivity contribution >= 4 is 28.8 Å². The number of aromatic nitrogens is 4. The highest BCUT2D eigenvalue weighted by Gasteiger charge is 2.41. The summed E-state index contributed by atoms with van der Waals surface area (Å²) in [5.41, 5.74) is 3.45.